The van der Waals surface area contributed by atoms with Crippen LogP contribution in [0, 0.1) is 0 Å². The monoisotopic (exact) mass is 1860 g/mol. The molecule has 3 heterocycles. The molecule has 606 valence electrons. The van der Waals surface area contributed by atoms with E-state index in [1.54, 1.807) is 12.1 Å². The van der Waals surface area contributed by atoms with E-state index in [9.17, 15) is 10.2 Å². The minimum atomic E-state index is -1.72. The van der Waals surface area contributed by atoms with E-state index in [0.29, 0.717) is 34.7 Å². The number of phenols is 4. The van der Waals surface area contributed by atoms with Crippen LogP contribution in [0.3, 0.4) is 0 Å². The molecule has 20 aromatic rings. The van der Waals surface area contributed by atoms with E-state index >= 15 is 0 Å². The highest BCUT2D eigenvalue weighted by Crippen LogP contribution is 2.55. The van der Waals surface area contributed by atoms with Crippen molar-refractivity contribution < 1.29 is 20.4 Å². The maximum atomic E-state index is 10.9. The van der Waals surface area contributed by atoms with Crippen molar-refractivity contribution in [3.63, 3.8) is 0 Å². The Bertz CT molecular complexity index is 7270. The molecule has 0 spiro atoms. The molecule has 4 N–H and O–H groups in total. The molecule has 126 heavy (non-hydrogen) atoms. The predicted octanol–water partition coefficient (Wildman–Crippen LogP) is 30.1. The van der Waals surface area contributed by atoms with Crippen molar-refractivity contribution in [2.24, 2.45) is 0 Å². The van der Waals surface area contributed by atoms with Gasteiger partial charge in [-0.3, -0.25) is 0 Å². The van der Waals surface area contributed by atoms with Gasteiger partial charge in [-0.2, -0.15) is 24.9 Å². The average Bonchev–Trinajstić information content (AvgIpc) is 1.57. The van der Waals surface area contributed by atoms with Crippen molar-refractivity contribution in [3.05, 3.63) is 343 Å². The van der Waals surface area contributed by atoms with Gasteiger partial charge >= 0.3 is 22.8 Å². The topological polar surface area (TPSA) is 197 Å². The van der Waals surface area contributed by atoms with Crippen LogP contribution >= 0.6 is 107 Å². The summed E-state index contributed by atoms with van der Waals surface area (Å²) in [6.45, 7) is 0. The van der Waals surface area contributed by atoms with Crippen molar-refractivity contribution in [1.29, 1.82) is 0 Å². The summed E-state index contributed by atoms with van der Waals surface area (Å²) < 4.78 is 0. The predicted molar refractivity (Wildman–Crippen MR) is 523 cm³/mol. The van der Waals surface area contributed by atoms with Crippen LogP contribution in [0.1, 0.15) is 0 Å². The third-order valence-electron chi connectivity index (χ3n) is 22.4. The first-order valence-corrected chi connectivity index (χ1v) is 51.3. The van der Waals surface area contributed by atoms with Crippen LogP contribution in [0.5, 0.6) is 23.0 Å². The molecule has 0 radical (unpaired) electrons. The second kappa shape index (κ2) is 35.6. The van der Waals surface area contributed by atoms with Crippen LogP contribution < -0.4 is 0 Å². The third-order valence-corrected chi connectivity index (χ3v) is 23.1. The lowest BCUT2D eigenvalue weighted by atomic mass is 9.97. The molecular formula is C101H57Al2Cl10N9O4. The Morgan fingerprint density at radius 1 is 0.175 bits per heavy atom. The van der Waals surface area contributed by atoms with Crippen molar-refractivity contribution in [2.75, 3.05) is 0 Å². The number of rotatable bonds is 5. The fourth-order valence-electron chi connectivity index (χ4n) is 17.6. The normalized spacial score (nSPS) is 11.4. The van der Waals surface area contributed by atoms with Crippen LogP contribution in [-0.2, 0) is 0 Å². The quantitative estimate of drug-likeness (QED) is 0.119. The van der Waals surface area contributed by atoms with E-state index in [-0.39, 0.29) is 44.1 Å². The highest BCUT2D eigenvalue weighted by molar-refractivity contribution is 7.54. The molecule has 5 aliphatic carbocycles. The number of hydrogen-bond acceptors (Lipinski definition) is 13. The van der Waals surface area contributed by atoms with Gasteiger partial charge in [-0.15, -0.1) is 0 Å². The Morgan fingerprint density at radius 3 is 0.635 bits per heavy atom. The minimum absolute atomic E-state index is 0.000000000000000444. The van der Waals surface area contributed by atoms with Crippen molar-refractivity contribution >= 4 is 183 Å². The molecule has 0 amide bonds. The average molecular weight is 1870 g/mol. The summed E-state index contributed by atoms with van der Waals surface area (Å²) in [5, 5.41) is 50.4. The zero-order valence-electron chi connectivity index (χ0n) is 65.3. The van der Waals surface area contributed by atoms with Crippen LogP contribution in [-0.4, -0.2) is 88.1 Å². The molecule has 25 heteroatoms. The Balaban J connectivity index is 0.000000115. The number of aromatic nitrogens is 9. The maximum Gasteiger partial charge on any atom is 0.643 e. The zero-order chi connectivity index (χ0) is 86.7. The Kier molecular flexibility index (Phi) is 23.7. The van der Waals surface area contributed by atoms with E-state index < -0.39 is 22.8 Å². The number of aromatic hydroxyl groups is 4. The van der Waals surface area contributed by atoms with Crippen molar-refractivity contribution in [1.82, 2.24) is 44.9 Å². The molecule has 25 rings (SSSR count). The molecule has 3 aromatic heterocycles. The SMILES string of the molecule is Clc1nc(-c2ccc3c4c(cccc24)-c2ccccc2-3)nc(-c2ccc3c4c(cccc24)-c2ccccc2-3)n1.Clc1nc(Cl)nc(Cl)n1.Oc1ccc(-c2nc(-c3ccc4c5c(cccc35)-c3ccccc3-4)nc(-c3ccc4c5c(cccc35)-c3ccccc3-4)n2)c(O)c1.Oc1cccc(O)c1.[Cl][Al]([Cl])[Cl].[Cl][Al]([Cl])[Cl].c1ccc2c(c1)-c1cccc3cccc-2c13. The number of fused-ring (bicyclic) bond motifs is 15. The first-order chi connectivity index (χ1) is 61.3. The molecule has 0 atom stereocenters. The lowest BCUT2D eigenvalue weighted by Gasteiger charge is -2.13. The van der Waals surface area contributed by atoms with Gasteiger partial charge in [0.1, 0.15) is 23.0 Å². The minimum Gasteiger partial charge on any atom is -0.508 e. The van der Waals surface area contributed by atoms with Gasteiger partial charge in [0.2, 0.25) is 21.1 Å². The van der Waals surface area contributed by atoms with Gasteiger partial charge in [0.15, 0.2) is 29.1 Å². The van der Waals surface area contributed by atoms with Gasteiger partial charge in [-0.05, 0) is 260 Å². The summed E-state index contributed by atoms with van der Waals surface area (Å²) in [6.07, 6.45) is 0. The number of hydrogen-bond donors (Lipinski definition) is 4. The first kappa shape index (κ1) is 83.8. The number of nitrogens with zero attached hydrogens (tertiary/aromatic N) is 9. The number of benzene rings is 17. The fourth-order valence-corrected chi connectivity index (χ4v) is 18.4. The zero-order valence-corrected chi connectivity index (χ0v) is 75.2. The van der Waals surface area contributed by atoms with Gasteiger partial charge in [0.25, 0.3) is 0 Å². The van der Waals surface area contributed by atoms with E-state index in [2.05, 4.69) is 304 Å². The molecule has 0 aliphatic heterocycles. The maximum absolute atomic E-state index is 10.9. The smallest absolute Gasteiger partial charge is 0.508 e. The summed E-state index contributed by atoms with van der Waals surface area (Å²) in [5.41, 5.74) is 29.3. The molecule has 0 saturated carbocycles. The fraction of sp³-hybridized carbons (Fsp3) is 0. The molecule has 17 aromatic carbocycles. The molecular weight excluding hydrogens is 1810 g/mol. The molecule has 0 saturated heterocycles. The Hall–Kier alpha value is -11.8. The standard InChI is InChI=1S/C41H23N3O2.C35H18ClN3.C16H10.C6H6O2.C3Cl3N3.2Al.6ClH/c45-22-15-16-35(36(46)21-22)41-43-39(33-19-17-31-25-9-3-1-7-23(25)27-11-5-13-29(33)37(27)31)42-40(44-41)34-20-18-32-26-10-4-2-8-24(26)28-12-6-14-30(34)38(28)32;36-35-38-33(29-17-15-27-21-9-3-1-7-19(21)23-11-5-13-25(29)31(23)27)37-34(39-35)30-18-16-28-22-10-4-2-8-20(22)24-12-6-14-26(30)32(24)28;1-2-8-13-12(7-1)14-9-3-5-11-6-4-10-15(13)16(11)14;7-5-2-1-3-6(8)4-5;4-1-7-2(5)9-3(6)8-1;;;;;;;;/h1-21,45-46H;1-18H;1-10H;1-4,7-8H;;;;6*1H/q;;;;;2*+3;;;;;;/p-6. The second-order valence-electron chi connectivity index (χ2n) is 29.4. The van der Waals surface area contributed by atoms with Crippen LogP contribution in [0.25, 0.3) is 222 Å². The van der Waals surface area contributed by atoms with Crippen molar-refractivity contribution in [2.45, 2.75) is 0 Å². The van der Waals surface area contributed by atoms with Gasteiger partial charge in [-0.25, -0.2) is 80.2 Å². The molecule has 0 bridgehead atoms. The molecule has 13 nitrogen and oxygen atoms in total. The number of halogens is 10. The Morgan fingerprint density at radius 2 is 0.373 bits per heavy atom. The molecule has 0 unspecified atom stereocenters. The van der Waals surface area contributed by atoms with E-state index in [0.717, 1.165) is 43.8 Å². The highest BCUT2D eigenvalue weighted by Gasteiger charge is 2.30. The summed E-state index contributed by atoms with van der Waals surface area (Å²) in [4.78, 5) is 39.7. The molecule has 0 fully saturated rings. The van der Waals surface area contributed by atoms with E-state index in [4.69, 9.17) is 137 Å². The number of phenolic OH excluding ortho intramolecular Hbond substituents is 4. The van der Waals surface area contributed by atoms with Gasteiger partial charge in [0, 0.05) is 34.4 Å². The van der Waals surface area contributed by atoms with Crippen molar-refractivity contribution in [3.8, 4) is 191 Å². The van der Waals surface area contributed by atoms with Gasteiger partial charge in [-0.1, -0.05) is 261 Å². The Labute approximate surface area is 775 Å². The lowest BCUT2D eigenvalue weighted by molar-refractivity contribution is 0.450. The van der Waals surface area contributed by atoms with Crippen LogP contribution in [0.4, 0.5) is 0 Å². The highest BCUT2D eigenvalue weighted by atomic mass is 35.8. The van der Waals surface area contributed by atoms with E-state index in [1.807, 2.05) is 0 Å². The summed E-state index contributed by atoms with van der Waals surface area (Å²) in [5.74, 6) is 2.56. The lowest BCUT2D eigenvalue weighted by Crippen LogP contribution is -2.01. The summed E-state index contributed by atoms with van der Waals surface area (Å²) >= 11 is 19.1. The van der Waals surface area contributed by atoms with Crippen LogP contribution in [0.2, 0.25) is 21.1 Å². The molecule has 5 aliphatic rings. The van der Waals surface area contributed by atoms with Gasteiger partial charge < -0.3 is 20.4 Å². The largest absolute Gasteiger partial charge is 0.643 e. The van der Waals surface area contributed by atoms with E-state index in [1.165, 1.54) is 174 Å². The third kappa shape index (κ3) is 16.0. The van der Waals surface area contributed by atoms with Crippen LogP contribution in [0.15, 0.2) is 322 Å². The summed E-state index contributed by atoms with van der Waals surface area (Å²) in [6, 6.07) is 109. The van der Waals surface area contributed by atoms with Gasteiger partial charge in [0.05, 0.1) is 5.56 Å². The first-order valence-electron chi connectivity index (χ1n) is 39.3. The summed E-state index contributed by atoms with van der Waals surface area (Å²) in [7, 11) is 29.7. The second-order valence-corrected chi connectivity index (χ2v) is 43.6.